The van der Waals surface area contributed by atoms with Crippen molar-refractivity contribution in [2.75, 3.05) is 6.54 Å². The van der Waals surface area contributed by atoms with Crippen molar-refractivity contribution < 1.29 is 14.7 Å². The Labute approximate surface area is 122 Å². The Kier molecular flexibility index (Phi) is 3.41. The van der Waals surface area contributed by atoms with Crippen LogP contribution in [0.15, 0.2) is 30.5 Å². The van der Waals surface area contributed by atoms with Gasteiger partial charge in [-0.3, -0.25) is 9.59 Å². The normalized spacial score (nSPS) is 22.4. The first-order chi connectivity index (χ1) is 10.1. The third kappa shape index (κ3) is 2.39. The van der Waals surface area contributed by atoms with Crippen LogP contribution in [0, 0.1) is 5.92 Å². The number of carbonyl (C=O) groups excluding carboxylic acids is 1. The van der Waals surface area contributed by atoms with Crippen molar-refractivity contribution >= 4 is 22.8 Å². The van der Waals surface area contributed by atoms with Gasteiger partial charge in [0.15, 0.2) is 0 Å². The third-order valence-corrected chi connectivity index (χ3v) is 4.30. The number of benzene rings is 1. The average molecular weight is 286 g/mol. The standard InChI is InChI=1S/C16H18N2O3/c1-10-9-12(16(20)21)6-8-18(10)15(19)13-4-2-3-11-5-7-17-14(11)13/h2-5,7,10,12,17H,6,8-9H2,1H3,(H,20,21). The summed E-state index contributed by atoms with van der Waals surface area (Å²) in [7, 11) is 0. The van der Waals surface area contributed by atoms with Crippen LogP contribution in [0.5, 0.6) is 0 Å². The van der Waals surface area contributed by atoms with Crippen LogP contribution in [-0.2, 0) is 4.79 Å². The van der Waals surface area contributed by atoms with Crippen LogP contribution in [0.4, 0.5) is 0 Å². The Morgan fingerprint density at radius 3 is 2.86 bits per heavy atom. The van der Waals surface area contributed by atoms with Gasteiger partial charge in [0.2, 0.25) is 0 Å². The quantitative estimate of drug-likeness (QED) is 0.890. The molecule has 5 nitrogen and oxygen atoms in total. The van der Waals surface area contributed by atoms with Crippen LogP contribution in [-0.4, -0.2) is 39.5 Å². The molecule has 2 unspecified atom stereocenters. The first kappa shape index (κ1) is 13.7. The molecule has 1 aromatic heterocycles. The molecular formula is C16H18N2O3. The van der Waals surface area contributed by atoms with E-state index in [-0.39, 0.29) is 17.9 Å². The maximum absolute atomic E-state index is 12.8. The molecule has 0 aliphatic carbocycles. The van der Waals surface area contributed by atoms with Crippen LogP contribution < -0.4 is 0 Å². The zero-order valence-corrected chi connectivity index (χ0v) is 11.9. The van der Waals surface area contributed by atoms with Crippen molar-refractivity contribution in [1.29, 1.82) is 0 Å². The van der Waals surface area contributed by atoms with Gasteiger partial charge in [-0.1, -0.05) is 12.1 Å². The second-order valence-electron chi connectivity index (χ2n) is 5.65. The Morgan fingerprint density at radius 2 is 2.14 bits per heavy atom. The van der Waals surface area contributed by atoms with Crippen molar-refractivity contribution in [1.82, 2.24) is 9.88 Å². The first-order valence-corrected chi connectivity index (χ1v) is 7.18. The van der Waals surface area contributed by atoms with Crippen LogP contribution in [0.3, 0.4) is 0 Å². The summed E-state index contributed by atoms with van der Waals surface area (Å²) in [5.74, 6) is -1.13. The van der Waals surface area contributed by atoms with Crippen LogP contribution >= 0.6 is 0 Å². The van der Waals surface area contributed by atoms with Crippen molar-refractivity contribution in [3.63, 3.8) is 0 Å². The van der Waals surface area contributed by atoms with Crippen molar-refractivity contribution in [2.45, 2.75) is 25.8 Å². The fourth-order valence-electron chi connectivity index (χ4n) is 3.12. The fourth-order valence-corrected chi connectivity index (χ4v) is 3.12. The Hall–Kier alpha value is -2.30. The van der Waals surface area contributed by atoms with E-state index >= 15 is 0 Å². The summed E-state index contributed by atoms with van der Waals surface area (Å²) >= 11 is 0. The summed E-state index contributed by atoms with van der Waals surface area (Å²) in [4.78, 5) is 28.7. The third-order valence-electron chi connectivity index (χ3n) is 4.30. The highest BCUT2D eigenvalue weighted by molar-refractivity contribution is 6.05. The molecule has 0 bridgehead atoms. The molecular weight excluding hydrogens is 268 g/mol. The number of nitrogens with one attached hydrogen (secondary N) is 1. The molecule has 2 N–H and O–H groups in total. The lowest BCUT2D eigenvalue weighted by atomic mass is 9.91. The molecule has 21 heavy (non-hydrogen) atoms. The van der Waals surface area contributed by atoms with E-state index in [2.05, 4.69) is 4.98 Å². The summed E-state index contributed by atoms with van der Waals surface area (Å²) in [6.07, 6.45) is 2.86. The number of carboxylic acids is 1. The van der Waals surface area contributed by atoms with Gasteiger partial charge in [-0.25, -0.2) is 0 Å². The molecule has 1 amide bonds. The summed E-state index contributed by atoms with van der Waals surface area (Å²) in [6, 6.07) is 7.53. The maximum Gasteiger partial charge on any atom is 0.306 e. The number of hydrogen-bond donors (Lipinski definition) is 2. The topological polar surface area (TPSA) is 73.4 Å². The van der Waals surface area contributed by atoms with E-state index in [0.29, 0.717) is 24.9 Å². The van der Waals surface area contributed by atoms with E-state index in [1.165, 1.54) is 0 Å². The number of aliphatic carboxylic acids is 1. The number of likely N-dealkylation sites (tertiary alicyclic amines) is 1. The molecule has 1 aliphatic heterocycles. The van der Waals surface area contributed by atoms with E-state index in [9.17, 15) is 9.59 Å². The zero-order valence-electron chi connectivity index (χ0n) is 11.9. The monoisotopic (exact) mass is 286 g/mol. The lowest BCUT2D eigenvalue weighted by Crippen LogP contribution is -2.46. The molecule has 1 saturated heterocycles. The van der Waals surface area contributed by atoms with Crippen molar-refractivity contribution in [3.8, 4) is 0 Å². The summed E-state index contributed by atoms with van der Waals surface area (Å²) in [6.45, 7) is 2.41. The second kappa shape index (κ2) is 5.24. The van der Waals surface area contributed by atoms with Gasteiger partial charge < -0.3 is 15.0 Å². The molecule has 0 spiro atoms. The number of carboxylic acid groups (broad SMARTS) is 1. The molecule has 1 fully saturated rings. The van der Waals surface area contributed by atoms with E-state index in [4.69, 9.17) is 5.11 Å². The number of aromatic amines is 1. The number of H-pyrrole nitrogens is 1. The number of hydrogen-bond acceptors (Lipinski definition) is 2. The lowest BCUT2D eigenvalue weighted by molar-refractivity contribution is -0.143. The average Bonchev–Trinajstić information content (AvgIpc) is 2.94. The minimum atomic E-state index is -0.764. The summed E-state index contributed by atoms with van der Waals surface area (Å²) in [5.41, 5.74) is 1.49. The van der Waals surface area contributed by atoms with E-state index in [1.54, 1.807) is 4.90 Å². The molecule has 0 saturated carbocycles. The minimum Gasteiger partial charge on any atom is -0.481 e. The van der Waals surface area contributed by atoms with Crippen molar-refractivity contribution in [2.24, 2.45) is 5.92 Å². The first-order valence-electron chi connectivity index (χ1n) is 7.18. The predicted molar refractivity (Wildman–Crippen MR) is 79.2 cm³/mol. The number of rotatable bonds is 2. The predicted octanol–water partition coefficient (Wildman–Crippen LogP) is 2.49. The number of carbonyl (C=O) groups is 2. The van der Waals surface area contributed by atoms with E-state index < -0.39 is 5.97 Å². The number of para-hydroxylation sites is 1. The summed E-state index contributed by atoms with van der Waals surface area (Å²) < 4.78 is 0. The molecule has 2 atom stereocenters. The van der Waals surface area contributed by atoms with Crippen LogP contribution in [0.1, 0.15) is 30.1 Å². The second-order valence-corrected chi connectivity index (χ2v) is 5.65. The number of aromatic nitrogens is 1. The lowest BCUT2D eigenvalue weighted by Gasteiger charge is -2.36. The maximum atomic E-state index is 12.8. The molecule has 110 valence electrons. The fraction of sp³-hybridized carbons (Fsp3) is 0.375. The molecule has 1 aromatic carbocycles. The van der Waals surface area contributed by atoms with Crippen LogP contribution in [0.25, 0.3) is 10.9 Å². The number of nitrogens with zero attached hydrogens (tertiary/aromatic N) is 1. The van der Waals surface area contributed by atoms with Gasteiger partial charge in [-0.15, -0.1) is 0 Å². The smallest absolute Gasteiger partial charge is 0.306 e. The summed E-state index contributed by atoms with van der Waals surface area (Å²) in [5, 5.41) is 10.1. The highest BCUT2D eigenvalue weighted by Gasteiger charge is 2.33. The largest absolute Gasteiger partial charge is 0.481 e. The van der Waals surface area contributed by atoms with Gasteiger partial charge in [0, 0.05) is 24.2 Å². The molecule has 1 aliphatic rings. The number of amides is 1. The molecule has 3 rings (SSSR count). The van der Waals surface area contributed by atoms with Gasteiger partial charge in [-0.05, 0) is 31.9 Å². The minimum absolute atomic E-state index is 0.0283. The van der Waals surface area contributed by atoms with Gasteiger partial charge in [0.05, 0.1) is 17.0 Å². The molecule has 0 radical (unpaired) electrons. The van der Waals surface area contributed by atoms with Crippen molar-refractivity contribution in [3.05, 3.63) is 36.0 Å². The Balaban J connectivity index is 1.86. The van der Waals surface area contributed by atoms with Gasteiger partial charge >= 0.3 is 5.97 Å². The Bertz CT molecular complexity index is 692. The highest BCUT2D eigenvalue weighted by atomic mass is 16.4. The van der Waals surface area contributed by atoms with Crippen LogP contribution in [0.2, 0.25) is 0 Å². The van der Waals surface area contributed by atoms with Gasteiger partial charge in [0.25, 0.3) is 5.91 Å². The number of piperidine rings is 1. The molecule has 5 heteroatoms. The number of fused-ring (bicyclic) bond motifs is 1. The van der Waals surface area contributed by atoms with E-state index in [0.717, 1.165) is 10.9 Å². The highest BCUT2D eigenvalue weighted by Crippen LogP contribution is 2.26. The zero-order chi connectivity index (χ0) is 15.0. The molecule has 2 heterocycles. The van der Waals surface area contributed by atoms with Gasteiger partial charge in [-0.2, -0.15) is 0 Å². The molecule has 2 aromatic rings. The van der Waals surface area contributed by atoms with Gasteiger partial charge in [0.1, 0.15) is 0 Å². The Morgan fingerprint density at radius 1 is 1.33 bits per heavy atom. The van der Waals surface area contributed by atoms with E-state index in [1.807, 2.05) is 37.4 Å². The SMILES string of the molecule is CC1CC(C(=O)O)CCN1C(=O)c1cccc2cc[nH]c12.